The fourth-order valence-corrected chi connectivity index (χ4v) is 2.57. The molecule has 122 valence electrons. The van der Waals surface area contributed by atoms with E-state index < -0.39 is 0 Å². The summed E-state index contributed by atoms with van der Waals surface area (Å²) in [5.74, 6) is 0. The van der Waals surface area contributed by atoms with Crippen molar-refractivity contribution in [2.24, 2.45) is 0 Å². The van der Waals surface area contributed by atoms with Crippen LogP contribution in [0.4, 0.5) is 0 Å². The number of nitriles is 4. The van der Waals surface area contributed by atoms with Gasteiger partial charge in [-0.2, -0.15) is 21.0 Å². The van der Waals surface area contributed by atoms with Crippen molar-refractivity contribution in [3.63, 3.8) is 0 Å². The largest absolute Gasteiger partial charge is 0.192 e. The molecule has 0 saturated carbocycles. The minimum atomic E-state index is -0.143. The Morgan fingerprint density at radius 2 is 0.808 bits per heavy atom. The number of hydrogen-bond donors (Lipinski definition) is 0. The molecule has 0 amide bonds. The maximum absolute atomic E-state index is 8.87. The molecule has 0 unspecified atom stereocenters. The van der Waals surface area contributed by atoms with Gasteiger partial charge >= 0.3 is 0 Å². The number of rotatable bonds is 3. The first-order chi connectivity index (χ1) is 12.5. The fraction of sp³-hybridized carbons (Fsp3) is 0. The number of halogens is 2. The molecule has 0 radical (unpaired) electrons. The molecule has 0 aliphatic heterocycles. The summed E-state index contributed by atoms with van der Waals surface area (Å²) in [4.78, 5) is 0. The highest BCUT2D eigenvalue weighted by molar-refractivity contribution is 6.50. The second-order valence-corrected chi connectivity index (χ2v) is 5.74. The Balaban J connectivity index is 2.35. The highest BCUT2D eigenvalue weighted by atomic mass is 35.5. The summed E-state index contributed by atoms with van der Waals surface area (Å²) in [6, 6.07) is 21.1. The van der Waals surface area contributed by atoms with Crippen molar-refractivity contribution in [1.82, 2.24) is 0 Å². The van der Waals surface area contributed by atoms with Crippen LogP contribution < -0.4 is 0 Å². The number of allylic oxidation sites excluding steroid dienone is 2. The first-order valence-electron chi connectivity index (χ1n) is 7.17. The lowest BCUT2D eigenvalue weighted by Gasteiger charge is -2.06. The van der Waals surface area contributed by atoms with E-state index in [9.17, 15) is 0 Å². The average Bonchev–Trinajstić information content (AvgIpc) is 2.70. The zero-order valence-electron chi connectivity index (χ0n) is 13.2. The Morgan fingerprint density at radius 1 is 0.538 bits per heavy atom. The molecule has 6 heteroatoms. The molecule has 2 aromatic carbocycles. The molecule has 0 spiro atoms. The van der Waals surface area contributed by atoms with E-state index in [2.05, 4.69) is 0 Å². The van der Waals surface area contributed by atoms with Crippen molar-refractivity contribution in [3.05, 3.63) is 70.8 Å². The lowest BCUT2D eigenvalue weighted by Crippen LogP contribution is -1.86. The standard InChI is InChI=1S/C20H8Cl2N4/c21-19(17(9-23)10-24)15-5-1-13(2-6-15)14-3-7-16(8-4-14)20(22)18(11-25)12-26/h1-8H. The molecule has 0 N–H and O–H groups in total. The smallest absolute Gasteiger partial charge is 0.148 e. The Morgan fingerprint density at radius 3 is 1.04 bits per heavy atom. The Hall–Kier alpha value is -3.54. The van der Waals surface area contributed by atoms with Crippen molar-refractivity contribution in [3.8, 4) is 35.4 Å². The van der Waals surface area contributed by atoms with Gasteiger partial charge in [0.05, 0.1) is 10.1 Å². The van der Waals surface area contributed by atoms with Gasteiger partial charge < -0.3 is 0 Å². The van der Waals surface area contributed by atoms with Crippen LogP contribution in [0, 0.1) is 45.3 Å². The monoisotopic (exact) mass is 374 g/mol. The second kappa shape index (κ2) is 8.53. The maximum atomic E-state index is 8.87. The summed E-state index contributed by atoms with van der Waals surface area (Å²) in [6.07, 6.45) is 0. The highest BCUT2D eigenvalue weighted by Gasteiger charge is 2.09. The van der Waals surface area contributed by atoms with Gasteiger partial charge in [0, 0.05) is 0 Å². The zero-order valence-corrected chi connectivity index (χ0v) is 14.7. The highest BCUT2D eigenvalue weighted by Crippen LogP contribution is 2.28. The quantitative estimate of drug-likeness (QED) is 0.676. The molecular formula is C20H8Cl2N4. The lowest BCUT2D eigenvalue weighted by molar-refractivity contribution is 1.46. The minimum Gasteiger partial charge on any atom is -0.192 e. The van der Waals surface area contributed by atoms with Crippen molar-refractivity contribution < 1.29 is 0 Å². The predicted octanol–water partition coefficient (Wildman–Crippen LogP) is 5.35. The van der Waals surface area contributed by atoms with Gasteiger partial charge in [-0.3, -0.25) is 0 Å². The van der Waals surface area contributed by atoms with Crippen molar-refractivity contribution in [2.75, 3.05) is 0 Å². The van der Waals surface area contributed by atoms with E-state index >= 15 is 0 Å². The molecule has 2 aromatic rings. The van der Waals surface area contributed by atoms with Crippen LogP contribution in [0.15, 0.2) is 59.7 Å². The molecular weight excluding hydrogens is 367 g/mol. The van der Waals surface area contributed by atoms with E-state index in [0.717, 1.165) is 11.1 Å². The van der Waals surface area contributed by atoms with Gasteiger partial charge in [-0.05, 0) is 22.3 Å². The van der Waals surface area contributed by atoms with E-state index in [0.29, 0.717) is 11.1 Å². The fourth-order valence-electron chi connectivity index (χ4n) is 2.15. The topological polar surface area (TPSA) is 95.2 Å². The van der Waals surface area contributed by atoms with Crippen LogP contribution in [-0.4, -0.2) is 0 Å². The van der Waals surface area contributed by atoms with Crippen LogP contribution in [0.25, 0.3) is 21.2 Å². The number of benzene rings is 2. The van der Waals surface area contributed by atoms with E-state index in [1.54, 1.807) is 48.5 Å². The van der Waals surface area contributed by atoms with Crippen molar-refractivity contribution in [1.29, 1.82) is 21.0 Å². The first kappa shape index (κ1) is 18.8. The third kappa shape index (κ3) is 3.92. The first-order valence-corrected chi connectivity index (χ1v) is 7.92. The molecule has 0 atom stereocenters. The van der Waals surface area contributed by atoms with Gasteiger partial charge in [0.1, 0.15) is 35.4 Å². The maximum Gasteiger partial charge on any atom is 0.148 e. The molecule has 0 aliphatic carbocycles. The zero-order chi connectivity index (χ0) is 19.1. The average molecular weight is 375 g/mol. The van der Waals surface area contributed by atoms with Crippen LogP contribution in [0.5, 0.6) is 0 Å². The summed E-state index contributed by atoms with van der Waals surface area (Å²) in [5, 5.41) is 35.7. The molecule has 0 fully saturated rings. The molecule has 0 saturated heterocycles. The number of hydrogen-bond acceptors (Lipinski definition) is 4. The summed E-state index contributed by atoms with van der Waals surface area (Å²) in [5.41, 5.74) is 2.64. The molecule has 0 bridgehead atoms. The van der Waals surface area contributed by atoms with Crippen LogP contribution in [0.3, 0.4) is 0 Å². The Kier molecular flexibility index (Phi) is 6.16. The van der Waals surface area contributed by atoms with Gasteiger partial charge in [-0.25, -0.2) is 0 Å². The molecule has 0 aromatic heterocycles. The Bertz CT molecular complexity index is 944. The summed E-state index contributed by atoms with van der Waals surface area (Å²) in [7, 11) is 0. The predicted molar refractivity (Wildman–Crippen MR) is 99.9 cm³/mol. The van der Waals surface area contributed by atoms with Crippen LogP contribution >= 0.6 is 23.2 Å². The van der Waals surface area contributed by atoms with Crippen molar-refractivity contribution in [2.45, 2.75) is 0 Å². The van der Waals surface area contributed by atoms with Crippen LogP contribution in [-0.2, 0) is 0 Å². The van der Waals surface area contributed by atoms with Gasteiger partial charge in [0.25, 0.3) is 0 Å². The molecule has 0 heterocycles. The molecule has 2 rings (SSSR count). The SMILES string of the molecule is N#CC(C#N)=C(Cl)c1ccc(-c2ccc(C(Cl)=C(C#N)C#N)cc2)cc1. The summed E-state index contributed by atoms with van der Waals surface area (Å²) >= 11 is 12.1. The summed E-state index contributed by atoms with van der Waals surface area (Å²) in [6.45, 7) is 0. The normalized spacial score (nSPS) is 9.00. The van der Waals surface area contributed by atoms with E-state index in [4.69, 9.17) is 44.2 Å². The minimum absolute atomic E-state index is 0.106. The third-order valence-electron chi connectivity index (χ3n) is 3.50. The van der Waals surface area contributed by atoms with Crippen LogP contribution in [0.2, 0.25) is 0 Å². The van der Waals surface area contributed by atoms with E-state index in [-0.39, 0.29) is 21.2 Å². The molecule has 26 heavy (non-hydrogen) atoms. The van der Waals surface area contributed by atoms with Gasteiger partial charge in [-0.1, -0.05) is 71.7 Å². The van der Waals surface area contributed by atoms with Gasteiger partial charge in [0.15, 0.2) is 0 Å². The van der Waals surface area contributed by atoms with E-state index in [1.165, 1.54) is 0 Å². The molecule has 4 nitrogen and oxygen atoms in total. The van der Waals surface area contributed by atoms with Gasteiger partial charge in [0.2, 0.25) is 0 Å². The third-order valence-corrected chi connectivity index (χ3v) is 4.31. The Labute approximate surface area is 160 Å². The lowest BCUT2D eigenvalue weighted by atomic mass is 10.0. The number of nitrogens with zero attached hydrogens (tertiary/aromatic N) is 4. The van der Waals surface area contributed by atoms with E-state index in [1.807, 2.05) is 24.3 Å². The van der Waals surface area contributed by atoms with Crippen molar-refractivity contribution >= 4 is 33.3 Å². The van der Waals surface area contributed by atoms with Crippen LogP contribution in [0.1, 0.15) is 11.1 Å². The summed E-state index contributed by atoms with van der Waals surface area (Å²) < 4.78 is 0. The van der Waals surface area contributed by atoms with Gasteiger partial charge in [-0.15, -0.1) is 0 Å². The second-order valence-electron chi connectivity index (χ2n) is 4.98. The molecule has 0 aliphatic rings.